The number of Topliss-reactive ketones (excluding diaryl/α,β-unsaturated/α-hetero) is 1. The first kappa shape index (κ1) is 25.1. The van der Waals surface area contributed by atoms with Crippen molar-refractivity contribution in [3.8, 4) is 0 Å². The third-order valence-electron chi connectivity index (χ3n) is 6.10. The van der Waals surface area contributed by atoms with E-state index in [9.17, 15) is 4.79 Å². The van der Waals surface area contributed by atoms with Gasteiger partial charge >= 0.3 is 0 Å². The molecule has 2 rings (SSSR count). The molecule has 31 heavy (non-hydrogen) atoms. The summed E-state index contributed by atoms with van der Waals surface area (Å²) in [7, 11) is 0. The van der Waals surface area contributed by atoms with E-state index in [0.717, 1.165) is 24.0 Å². The first-order valence-electron chi connectivity index (χ1n) is 12.5. The highest BCUT2D eigenvalue weighted by Gasteiger charge is 2.04. The van der Waals surface area contributed by atoms with Gasteiger partial charge in [0.15, 0.2) is 0 Å². The fourth-order valence-electron chi connectivity index (χ4n) is 4.21. The third-order valence-corrected chi connectivity index (χ3v) is 6.10. The molecule has 0 aromatic heterocycles. The Morgan fingerprint density at radius 1 is 0.645 bits per heavy atom. The predicted molar refractivity (Wildman–Crippen MR) is 135 cm³/mol. The van der Waals surface area contributed by atoms with Crippen LogP contribution < -0.4 is 0 Å². The molecule has 0 radical (unpaired) electrons. The van der Waals surface area contributed by atoms with Gasteiger partial charge in [-0.1, -0.05) is 131 Å². The Morgan fingerprint density at radius 2 is 1.19 bits per heavy atom. The van der Waals surface area contributed by atoms with Crippen molar-refractivity contribution in [1.29, 1.82) is 0 Å². The zero-order valence-corrected chi connectivity index (χ0v) is 19.5. The van der Waals surface area contributed by atoms with Crippen molar-refractivity contribution in [1.82, 2.24) is 0 Å². The molecule has 1 heteroatoms. The van der Waals surface area contributed by atoms with E-state index in [4.69, 9.17) is 0 Å². The molecule has 0 atom stereocenters. The highest BCUT2D eigenvalue weighted by atomic mass is 16.1. The van der Waals surface area contributed by atoms with Gasteiger partial charge in [-0.2, -0.15) is 0 Å². The van der Waals surface area contributed by atoms with Crippen LogP contribution in [0.2, 0.25) is 0 Å². The van der Waals surface area contributed by atoms with E-state index in [2.05, 4.69) is 43.0 Å². The summed E-state index contributed by atoms with van der Waals surface area (Å²) in [5, 5.41) is 0. The molecule has 2 aromatic carbocycles. The van der Waals surface area contributed by atoms with E-state index in [0.29, 0.717) is 12.2 Å². The van der Waals surface area contributed by atoms with Crippen LogP contribution in [0.25, 0.3) is 6.08 Å². The summed E-state index contributed by atoms with van der Waals surface area (Å²) >= 11 is 0. The molecule has 1 nitrogen and oxygen atoms in total. The Morgan fingerprint density at radius 3 is 1.81 bits per heavy atom. The normalized spacial score (nSPS) is 10.8. The molecule has 0 aliphatic rings. The molecule has 0 unspecified atom stereocenters. The smallest absolute Gasteiger partial charge is 0.137 e. The Hall–Kier alpha value is -2.15. The van der Waals surface area contributed by atoms with Gasteiger partial charge in [0.2, 0.25) is 0 Å². The van der Waals surface area contributed by atoms with Gasteiger partial charge in [0.25, 0.3) is 0 Å². The van der Waals surface area contributed by atoms with Gasteiger partial charge in [0.05, 0.1) is 0 Å². The van der Waals surface area contributed by atoms with Gasteiger partial charge in [-0.3, -0.25) is 4.79 Å². The van der Waals surface area contributed by atoms with Crippen molar-refractivity contribution in [2.45, 2.75) is 96.3 Å². The van der Waals surface area contributed by atoms with Crippen molar-refractivity contribution in [2.75, 3.05) is 0 Å². The van der Waals surface area contributed by atoms with Crippen LogP contribution in [0.5, 0.6) is 0 Å². The van der Waals surface area contributed by atoms with E-state index in [1.165, 1.54) is 82.6 Å². The lowest BCUT2D eigenvalue weighted by atomic mass is 10.0. The third kappa shape index (κ3) is 12.3. The minimum atomic E-state index is 0.366. The number of aryl methyl sites for hydroxylation is 1. The second-order valence-corrected chi connectivity index (χ2v) is 8.89. The first-order chi connectivity index (χ1) is 15.3. The van der Waals surface area contributed by atoms with Crippen LogP contribution in [0.4, 0.5) is 0 Å². The zero-order chi connectivity index (χ0) is 22.0. The SMILES string of the molecule is C=Cc1cccc(CC(=O)CCCCCCCCCCCCCCc2ccccc2)c1. The largest absolute Gasteiger partial charge is 0.299 e. The molecule has 0 heterocycles. The first-order valence-corrected chi connectivity index (χ1v) is 12.5. The zero-order valence-electron chi connectivity index (χ0n) is 19.5. The molecule has 0 spiro atoms. The van der Waals surface area contributed by atoms with Crippen LogP contribution in [-0.4, -0.2) is 5.78 Å². The maximum Gasteiger partial charge on any atom is 0.137 e. The second kappa shape index (κ2) is 16.5. The van der Waals surface area contributed by atoms with Crippen molar-refractivity contribution in [2.24, 2.45) is 0 Å². The van der Waals surface area contributed by atoms with Crippen LogP contribution in [0.1, 0.15) is 100 Å². The van der Waals surface area contributed by atoms with Crippen LogP contribution in [-0.2, 0) is 17.6 Å². The molecule has 0 saturated carbocycles. The van der Waals surface area contributed by atoms with E-state index in [-0.39, 0.29) is 0 Å². The summed E-state index contributed by atoms with van der Waals surface area (Å²) < 4.78 is 0. The summed E-state index contributed by atoms with van der Waals surface area (Å²) in [4.78, 5) is 12.2. The van der Waals surface area contributed by atoms with Gasteiger partial charge < -0.3 is 0 Å². The van der Waals surface area contributed by atoms with E-state index in [1.54, 1.807) is 0 Å². The Labute approximate surface area is 191 Å². The lowest BCUT2D eigenvalue weighted by Crippen LogP contribution is -2.02. The molecule has 0 fully saturated rings. The summed E-state index contributed by atoms with van der Waals surface area (Å²) in [6.07, 6.45) is 20.2. The Balaban J connectivity index is 1.33. The average molecular weight is 419 g/mol. The van der Waals surface area contributed by atoms with Gasteiger partial charge in [0.1, 0.15) is 5.78 Å². The van der Waals surface area contributed by atoms with E-state index < -0.39 is 0 Å². The molecule has 0 saturated heterocycles. The molecule has 0 bridgehead atoms. The molecule has 168 valence electrons. The minimum Gasteiger partial charge on any atom is -0.299 e. The standard InChI is InChI=1S/C30H42O/c1-2-27-22-18-23-29(25-27)26-30(31)24-17-12-10-8-6-4-3-5-7-9-11-14-19-28-20-15-13-16-21-28/h2,13,15-16,18,20-23,25H,1,3-12,14,17,19,24,26H2. The second-order valence-electron chi connectivity index (χ2n) is 8.89. The summed E-state index contributed by atoms with van der Waals surface area (Å²) in [6, 6.07) is 19.0. The van der Waals surface area contributed by atoms with E-state index in [1.807, 2.05) is 24.3 Å². The van der Waals surface area contributed by atoms with Crippen molar-refractivity contribution in [3.63, 3.8) is 0 Å². The Kier molecular flexibility index (Phi) is 13.4. The molecule has 0 amide bonds. The summed E-state index contributed by atoms with van der Waals surface area (Å²) in [5.41, 5.74) is 3.68. The predicted octanol–water partition coefficient (Wildman–Crippen LogP) is 8.76. The fourth-order valence-corrected chi connectivity index (χ4v) is 4.21. The number of rotatable bonds is 18. The molecule has 0 N–H and O–H groups in total. The van der Waals surface area contributed by atoms with Crippen LogP contribution in [0.3, 0.4) is 0 Å². The molecule has 2 aromatic rings. The summed E-state index contributed by atoms with van der Waals surface area (Å²) in [5.74, 6) is 0.366. The van der Waals surface area contributed by atoms with Gasteiger partial charge in [-0.05, 0) is 36.0 Å². The number of ketones is 1. The maximum absolute atomic E-state index is 12.2. The number of hydrogen-bond donors (Lipinski definition) is 0. The van der Waals surface area contributed by atoms with Crippen LogP contribution >= 0.6 is 0 Å². The van der Waals surface area contributed by atoms with Crippen molar-refractivity contribution < 1.29 is 4.79 Å². The topological polar surface area (TPSA) is 17.1 Å². The maximum atomic E-state index is 12.2. The number of hydrogen-bond acceptors (Lipinski definition) is 1. The average Bonchev–Trinajstić information content (AvgIpc) is 2.80. The van der Waals surface area contributed by atoms with Gasteiger partial charge in [-0.15, -0.1) is 0 Å². The highest BCUT2D eigenvalue weighted by molar-refractivity contribution is 5.81. The minimum absolute atomic E-state index is 0.366. The lowest BCUT2D eigenvalue weighted by Gasteiger charge is -2.04. The number of carbonyl (C=O) groups is 1. The van der Waals surface area contributed by atoms with Crippen molar-refractivity contribution in [3.05, 3.63) is 77.9 Å². The van der Waals surface area contributed by atoms with Crippen LogP contribution in [0.15, 0.2) is 61.2 Å². The number of unbranched alkanes of at least 4 members (excludes halogenated alkanes) is 11. The molecule has 0 aliphatic carbocycles. The Bertz CT molecular complexity index is 731. The molecular formula is C30H42O. The summed E-state index contributed by atoms with van der Waals surface area (Å²) in [6.45, 7) is 3.79. The molecule has 0 aliphatic heterocycles. The quantitative estimate of drug-likeness (QED) is 0.221. The number of benzene rings is 2. The monoisotopic (exact) mass is 418 g/mol. The van der Waals surface area contributed by atoms with Crippen LogP contribution in [0, 0.1) is 0 Å². The van der Waals surface area contributed by atoms with E-state index >= 15 is 0 Å². The lowest BCUT2D eigenvalue weighted by molar-refractivity contribution is -0.118. The van der Waals surface area contributed by atoms with Gasteiger partial charge in [0, 0.05) is 12.8 Å². The molecular weight excluding hydrogens is 376 g/mol. The number of carbonyl (C=O) groups excluding carboxylic acids is 1. The highest BCUT2D eigenvalue weighted by Crippen LogP contribution is 2.14. The fraction of sp³-hybridized carbons (Fsp3) is 0.500. The van der Waals surface area contributed by atoms with Crippen molar-refractivity contribution >= 4 is 11.9 Å². The van der Waals surface area contributed by atoms with Gasteiger partial charge in [-0.25, -0.2) is 0 Å².